The number of carbonyl (C=O) groups excluding carboxylic acids is 1. The fourth-order valence-corrected chi connectivity index (χ4v) is 3.53. The van der Waals surface area contributed by atoms with E-state index in [-0.39, 0.29) is 12.1 Å². The molecule has 0 radical (unpaired) electrons. The van der Waals surface area contributed by atoms with Crippen molar-refractivity contribution in [1.82, 2.24) is 14.9 Å². The maximum atomic E-state index is 12.5. The summed E-state index contributed by atoms with van der Waals surface area (Å²) >= 11 is 0. The van der Waals surface area contributed by atoms with Crippen LogP contribution >= 0.6 is 0 Å². The molecule has 0 aliphatic carbocycles. The Morgan fingerprint density at radius 3 is 3.00 bits per heavy atom. The minimum Gasteiger partial charge on any atom is -0.445 e. The molecule has 1 N–H and O–H groups in total. The molecule has 0 unspecified atom stereocenters. The Hall–Kier alpha value is -2.82. The number of carbonyl (C=O) groups is 1. The highest BCUT2D eigenvalue weighted by Crippen LogP contribution is 2.25. The van der Waals surface area contributed by atoms with Crippen molar-refractivity contribution in [1.29, 1.82) is 0 Å². The molecule has 1 atom stereocenters. The van der Waals surface area contributed by atoms with Crippen LogP contribution in [0.2, 0.25) is 0 Å². The molecule has 1 aliphatic rings. The second-order valence-electron chi connectivity index (χ2n) is 6.45. The van der Waals surface area contributed by atoms with E-state index in [1.165, 1.54) is 5.56 Å². The van der Waals surface area contributed by atoms with E-state index in [9.17, 15) is 4.79 Å². The molecule has 25 heavy (non-hydrogen) atoms. The summed E-state index contributed by atoms with van der Waals surface area (Å²) in [5.41, 5.74) is 3.11. The van der Waals surface area contributed by atoms with Crippen molar-refractivity contribution < 1.29 is 9.53 Å². The van der Waals surface area contributed by atoms with Gasteiger partial charge in [-0.2, -0.15) is 0 Å². The van der Waals surface area contributed by atoms with Crippen LogP contribution in [0.1, 0.15) is 24.0 Å². The third-order valence-corrected chi connectivity index (χ3v) is 4.81. The number of aromatic nitrogens is 2. The third kappa shape index (κ3) is 3.36. The summed E-state index contributed by atoms with van der Waals surface area (Å²) in [4.78, 5) is 21.9. The molecule has 2 aromatic heterocycles. The van der Waals surface area contributed by atoms with E-state index in [1.54, 1.807) is 6.20 Å². The molecule has 1 saturated heterocycles. The van der Waals surface area contributed by atoms with E-state index in [0.29, 0.717) is 6.61 Å². The lowest BCUT2D eigenvalue weighted by Gasteiger charge is -2.24. The second-order valence-corrected chi connectivity index (χ2v) is 6.45. The Bertz CT molecular complexity index is 860. The molecule has 128 valence electrons. The predicted octanol–water partition coefficient (Wildman–Crippen LogP) is 3.91. The van der Waals surface area contributed by atoms with E-state index >= 15 is 0 Å². The normalized spacial score (nSPS) is 17.1. The van der Waals surface area contributed by atoms with Gasteiger partial charge in [0.1, 0.15) is 12.3 Å². The van der Waals surface area contributed by atoms with Gasteiger partial charge in [-0.25, -0.2) is 9.78 Å². The molecule has 0 saturated carbocycles. The Balaban J connectivity index is 1.42. The van der Waals surface area contributed by atoms with Crippen LogP contribution in [0.5, 0.6) is 0 Å². The van der Waals surface area contributed by atoms with Crippen molar-refractivity contribution in [2.75, 3.05) is 6.54 Å². The summed E-state index contributed by atoms with van der Waals surface area (Å²) in [6.07, 6.45) is 6.42. The van der Waals surface area contributed by atoms with Crippen molar-refractivity contribution in [2.45, 2.75) is 31.9 Å². The van der Waals surface area contributed by atoms with Gasteiger partial charge >= 0.3 is 6.09 Å². The van der Waals surface area contributed by atoms with Crippen LogP contribution in [0.25, 0.3) is 11.0 Å². The topological polar surface area (TPSA) is 58.2 Å². The smallest absolute Gasteiger partial charge is 0.410 e. The molecule has 0 bridgehead atoms. The highest BCUT2D eigenvalue weighted by Gasteiger charge is 2.30. The minimum atomic E-state index is -0.218. The number of hydrogen-bond donors (Lipinski definition) is 1. The van der Waals surface area contributed by atoms with Crippen LogP contribution in [0, 0.1) is 0 Å². The van der Waals surface area contributed by atoms with Crippen LogP contribution in [0.3, 0.4) is 0 Å². The number of likely N-dealkylation sites (tertiary alicyclic amines) is 1. The molecule has 5 heteroatoms. The molecule has 1 aliphatic heterocycles. The van der Waals surface area contributed by atoms with E-state index in [4.69, 9.17) is 4.74 Å². The summed E-state index contributed by atoms with van der Waals surface area (Å²) in [5.74, 6) is 0. The highest BCUT2D eigenvalue weighted by molar-refractivity contribution is 5.79. The van der Waals surface area contributed by atoms with Gasteiger partial charge in [0.2, 0.25) is 0 Å². The third-order valence-electron chi connectivity index (χ3n) is 4.81. The molecule has 5 nitrogen and oxygen atoms in total. The van der Waals surface area contributed by atoms with E-state index in [2.05, 4.69) is 16.0 Å². The fraction of sp³-hybridized carbons (Fsp3) is 0.300. The first kappa shape index (κ1) is 15.7. The van der Waals surface area contributed by atoms with E-state index in [1.807, 2.05) is 47.5 Å². The maximum Gasteiger partial charge on any atom is 0.410 e. The molecular weight excluding hydrogens is 314 g/mol. The van der Waals surface area contributed by atoms with Crippen molar-refractivity contribution in [3.63, 3.8) is 0 Å². The van der Waals surface area contributed by atoms with Gasteiger partial charge in [-0.1, -0.05) is 30.3 Å². The Labute approximate surface area is 146 Å². The number of hydrogen-bond acceptors (Lipinski definition) is 3. The maximum absolute atomic E-state index is 12.5. The Morgan fingerprint density at radius 2 is 2.12 bits per heavy atom. The van der Waals surface area contributed by atoms with Crippen molar-refractivity contribution in [2.24, 2.45) is 0 Å². The average Bonchev–Trinajstić information content (AvgIpc) is 3.28. The van der Waals surface area contributed by atoms with Gasteiger partial charge < -0.3 is 14.6 Å². The number of ether oxygens (including phenoxy) is 1. The van der Waals surface area contributed by atoms with E-state index in [0.717, 1.165) is 42.4 Å². The first-order valence-electron chi connectivity index (χ1n) is 8.69. The summed E-state index contributed by atoms with van der Waals surface area (Å²) in [5, 5.41) is 1.13. The molecule has 1 fully saturated rings. The van der Waals surface area contributed by atoms with Gasteiger partial charge in [0.25, 0.3) is 0 Å². The number of pyridine rings is 1. The quantitative estimate of drug-likeness (QED) is 0.786. The lowest BCUT2D eigenvalue weighted by molar-refractivity contribution is 0.0921. The average molecular weight is 335 g/mol. The van der Waals surface area contributed by atoms with Crippen molar-refractivity contribution in [3.05, 3.63) is 66.0 Å². The SMILES string of the molecule is O=C(OCc1ccccc1)N1CCC[C@H]1Cc1c[nH]c2ncccc12. The van der Waals surface area contributed by atoms with Gasteiger partial charge in [0.05, 0.1) is 0 Å². The number of rotatable bonds is 4. The minimum absolute atomic E-state index is 0.183. The zero-order chi connectivity index (χ0) is 17.1. The zero-order valence-electron chi connectivity index (χ0n) is 14.0. The molecule has 0 spiro atoms. The standard InChI is InChI=1S/C20H21N3O2/c24-20(25-14-15-6-2-1-3-7-15)23-11-5-8-17(23)12-16-13-22-19-18(16)9-4-10-21-19/h1-4,6-7,9-10,13,17H,5,8,11-12,14H2,(H,21,22)/t17-/m0/s1. The first-order valence-corrected chi connectivity index (χ1v) is 8.69. The number of H-pyrrole nitrogens is 1. The number of nitrogens with zero attached hydrogens (tertiary/aromatic N) is 2. The number of amides is 1. The van der Waals surface area contributed by atoms with Crippen molar-refractivity contribution >= 4 is 17.1 Å². The highest BCUT2D eigenvalue weighted by atomic mass is 16.6. The van der Waals surface area contributed by atoms with Crippen molar-refractivity contribution in [3.8, 4) is 0 Å². The molecular formula is C20H21N3O2. The van der Waals surface area contributed by atoms with Gasteiger partial charge in [0, 0.05) is 30.4 Å². The largest absolute Gasteiger partial charge is 0.445 e. The lowest BCUT2D eigenvalue weighted by atomic mass is 10.0. The van der Waals surface area contributed by atoms with Crippen LogP contribution in [-0.4, -0.2) is 33.5 Å². The summed E-state index contributed by atoms with van der Waals surface area (Å²) in [6.45, 7) is 1.08. The number of benzene rings is 1. The molecule has 3 heterocycles. The summed E-state index contributed by atoms with van der Waals surface area (Å²) in [7, 11) is 0. The molecule has 3 aromatic rings. The van der Waals surface area contributed by atoms with Crippen LogP contribution < -0.4 is 0 Å². The van der Waals surface area contributed by atoms with Crippen LogP contribution in [0.15, 0.2) is 54.9 Å². The van der Waals surface area contributed by atoms with Gasteiger partial charge in [-0.15, -0.1) is 0 Å². The lowest BCUT2D eigenvalue weighted by Crippen LogP contribution is -2.37. The van der Waals surface area contributed by atoms with Crippen LogP contribution in [-0.2, 0) is 17.8 Å². The Morgan fingerprint density at radius 1 is 1.24 bits per heavy atom. The molecule has 1 aromatic carbocycles. The zero-order valence-corrected chi connectivity index (χ0v) is 14.0. The van der Waals surface area contributed by atoms with Crippen LogP contribution in [0.4, 0.5) is 4.79 Å². The molecule has 1 amide bonds. The summed E-state index contributed by atoms with van der Waals surface area (Å²) < 4.78 is 5.52. The number of nitrogens with one attached hydrogen (secondary N) is 1. The first-order chi connectivity index (χ1) is 12.3. The summed E-state index contributed by atoms with van der Waals surface area (Å²) in [6, 6.07) is 14.0. The van der Waals surface area contributed by atoms with E-state index < -0.39 is 0 Å². The monoisotopic (exact) mass is 335 g/mol. The Kier molecular flexibility index (Phi) is 4.37. The van der Waals surface area contributed by atoms with Gasteiger partial charge in [-0.05, 0) is 42.5 Å². The fourth-order valence-electron chi connectivity index (χ4n) is 3.53. The predicted molar refractivity (Wildman–Crippen MR) is 96.2 cm³/mol. The van der Waals surface area contributed by atoms with Gasteiger partial charge in [-0.3, -0.25) is 0 Å². The van der Waals surface area contributed by atoms with Gasteiger partial charge in [0.15, 0.2) is 0 Å². The number of aromatic amines is 1. The molecule has 4 rings (SSSR count). The second kappa shape index (κ2) is 6.97. The number of fused-ring (bicyclic) bond motifs is 1.